The lowest BCUT2D eigenvalue weighted by molar-refractivity contribution is 0.297. The summed E-state index contributed by atoms with van der Waals surface area (Å²) in [5.74, 6) is 0.817. The molecule has 0 saturated heterocycles. The van der Waals surface area contributed by atoms with E-state index in [9.17, 15) is 0 Å². The number of benzene rings is 2. The maximum Gasteiger partial charge on any atom is 0.166 e. The number of fused-ring (bicyclic) bond motifs is 1. The summed E-state index contributed by atoms with van der Waals surface area (Å²) in [6, 6.07) is 13.6. The Labute approximate surface area is 198 Å². The van der Waals surface area contributed by atoms with Crippen LogP contribution in [0.5, 0.6) is 5.75 Å². The molecule has 2 aromatic heterocycles. The Morgan fingerprint density at radius 1 is 1.03 bits per heavy atom. The summed E-state index contributed by atoms with van der Waals surface area (Å²) in [4.78, 5) is 10.1. The topological polar surface area (TPSA) is 67.2 Å². The third-order valence-corrected chi connectivity index (χ3v) is 6.41. The molecule has 4 aromatic rings. The number of pyridine rings is 1. The highest BCUT2D eigenvalue weighted by Gasteiger charge is 2.12. The number of aromatic nitrogens is 2. The van der Waals surface area contributed by atoms with E-state index in [0.717, 1.165) is 41.8 Å². The molecule has 5 nitrogen and oxygen atoms in total. The van der Waals surface area contributed by atoms with Gasteiger partial charge in [0.05, 0.1) is 0 Å². The molecule has 2 heterocycles. The van der Waals surface area contributed by atoms with Gasteiger partial charge in [-0.05, 0) is 54.5 Å². The van der Waals surface area contributed by atoms with E-state index in [-0.39, 0.29) is 6.61 Å². The largest absolute Gasteiger partial charge is 0.485 e. The molecule has 0 atom stereocenters. The van der Waals surface area contributed by atoms with Crippen molar-refractivity contribution in [3.63, 3.8) is 0 Å². The summed E-state index contributed by atoms with van der Waals surface area (Å²) in [6.07, 6.45) is 3.86. The van der Waals surface area contributed by atoms with Crippen molar-refractivity contribution in [2.45, 2.75) is 27.0 Å². The smallest absolute Gasteiger partial charge is 0.166 e. The summed E-state index contributed by atoms with van der Waals surface area (Å²) < 4.78 is 5.96. The third-order valence-electron chi connectivity index (χ3n) is 5.70. The summed E-state index contributed by atoms with van der Waals surface area (Å²) in [5.41, 5.74) is 11.2. The van der Waals surface area contributed by atoms with Crippen molar-refractivity contribution in [3.05, 3.63) is 76.0 Å². The van der Waals surface area contributed by atoms with Crippen LogP contribution in [-0.4, -0.2) is 28.0 Å². The van der Waals surface area contributed by atoms with Crippen LogP contribution in [0.25, 0.3) is 22.0 Å². The van der Waals surface area contributed by atoms with Crippen molar-refractivity contribution in [3.8, 4) is 16.9 Å². The molecule has 4 rings (SSSR count). The van der Waals surface area contributed by atoms with Crippen LogP contribution >= 0.6 is 23.2 Å². The predicted octanol–water partition coefficient (Wildman–Crippen LogP) is 6.54. The highest BCUT2D eigenvalue weighted by molar-refractivity contribution is 6.35. The fraction of sp³-hybridized carbons (Fsp3) is 0.240. The Morgan fingerprint density at radius 2 is 1.78 bits per heavy atom. The van der Waals surface area contributed by atoms with Crippen LogP contribution in [-0.2, 0) is 13.2 Å². The van der Waals surface area contributed by atoms with E-state index in [2.05, 4.69) is 53.1 Å². The number of H-pyrrole nitrogens is 1. The zero-order valence-corrected chi connectivity index (χ0v) is 19.7. The minimum atomic E-state index is 0.207. The van der Waals surface area contributed by atoms with Crippen LogP contribution in [0.15, 0.2) is 54.9 Å². The highest BCUT2D eigenvalue weighted by atomic mass is 35.5. The molecule has 3 N–H and O–H groups in total. The normalized spacial score (nSPS) is 11.4. The van der Waals surface area contributed by atoms with Gasteiger partial charge in [0, 0.05) is 51.0 Å². The number of hydrogen-bond acceptors (Lipinski definition) is 4. The van der Waals surface area contributed by atoms with Gasteiger partial charge in [-0.2, -0.15) is 0 Å². The van der Waals surface area contributed by atoms with E-state index in [1.807, 2.05) is 6.07 Å². The molecule has 0 aliphatic rings. The molecule has 0 spiro atoms. The lowest BCUT2D eigenvalue weighted by Gasteiger charge is -2.17. The van der Waals surface area contributed by atoms with Crippen LogP contribution in [0.1, 0.15) is 25.0 Å². The Morgan fingerprint density at radius 3 is 2.50 bits per heavy atom. The minimum Gasteiger partial charge on any atom is -0.485 e. The molecule has 0 unspecified atom stereocenters. The first kappa shape index (κ1) is 22.5. The van der Waals surface area contributed by atoms with Crippen LogP contribution in [0.2, 0.25) is 10.0 Å². The highest BCUT2D eigenvalue weighted by Crippen LogP contribution is 2.32. The van der Waals surface area contributed by atoms with Crippen molar-refractivity contribution in [2.75, 3.05) is 18.8 Å². The van der Waals surface area contributed by atoms with Crippen LogP contribution < -0.4 is 10.5 Å². The summed E-state index contributed by atoms with van der Waals surface area (Å²) in [7, 11) is 0. The first-order valence-electron chi connectivity index (χ1n) is 10.6. The molecule has 0 fully saturated rings. The average Bonchev–Trinajstić information content (AvgIpc) is 3.20. The molecule has 0 bridgehead atoms. The molecular formula is C25H26Cl2N4O. The quantitative estimate of drug-likeness (QED) is 0.308. The average molecular weight is 469 g/mol. The van der Waals surface area contributed by atoms with Crippen LogP contribution in [0.3, 0.4) is 0 Å². The van der Waals surface area contributed by atoms with Crippen molar-refractivity contribution in [1.82, 2.24) is 14.9 Å². The monoisotopic (exact) mass is 468 g/mol. The lowest BCUT2D eigenvalue weighted by atomic mass is 10.0. The molecule has 7 heteroatoms. The SMILES string of the molecule is CCN(CC)Cc1c[nH]c2ccc(-c3cnc(N)c(OCc4c(Cl)cccc4Cl)c3)cc12. The van der Waals surface area contributed by atoms with Gasteiger partial charge in [0.25, 0.3) is 0 Å². The maximum absolute atomic E-state index is 6.26. The molecule has 0 saturated carbocycles. The van der Waals surface area contributed by atoms with Crippen molar-refractivity contribution in [1.29, 1.82) is 0 Å². The van der Waals surface area contributed by atoms with Gasteiger partial charge in [-0.1, -0.05) is 49.2 Å². The maximum atomic E-state index is 6.26. The van der Waals surface area contributed by atoms with Crippen LogP contribution in [0, 0.1) is 0 Å². The van der Waals surface area contributed by atoms with Crippen molar-refractivity contribution < 1.29 is 4.74 Å². The second kappa shape index (κ2) is 9.82. The predicted molar refractivity (Wildman–Crippen MR) is 133 cm³/mol. The fourth-order valence-corrected chi connectivity index (χ4v) is 4.23. The van der Waals surface area contributed by atoms with Gasteiger partial charge in [0.2, 0.25) is 0 Å². The third kappa shape index (κ3) is 4.70. The van der Waals surface area contributed by atoms with Gasteiger partial charge in [0.15, 0.2) is 11.6 Å². The lowest BCUT2D eigenvalue weighted by Crippen LogP contribution is -2.21. The molecule has 166 valence electrons. The molecule has 0 amide bonds. The Kier molecular flexibility index (Phi) is 6.89. The Bertz CT molecular complexity index is 1210. The minimum absolute atomic E-state index is 0.207. The van der Waals surface area contributed by atoms with Gasteiger partial charge in [-0.15, -0.1) is 0 Å². The van der Waals surface area contributed by atoms with Gasteiger partial charge >= 0.3 is 0 Å². The van der Waals surface area contributed by atoms with E-state index in [1.54, 1.807) is 24.4 Å². The van der Waals surface area contributed by atoms with Crippen molar-refractivity contribution in [2.24, 2.45) is 0 Å². The van der Waals surface area contributed by atoms with E-state index >= 15 is 0 Å². The van der Waals surface area contributed by atoms with Gasteiger partial charge < -0.3 is 15.5 Å². The molecular weight excluding hydrogens is 443 g/mol. The summed E-state index contributed by atoms with van der Waals surface area (Å²) in [6.45, 7) is 7.51. The zero-order chi connectivity index (χ0) is 22.7. The van der Waals surface area contributed by atoms with Gasteiger partial charge in [-0.25, -0.2) is 4.98 Å². The summed E-state index contributed by atoms with van der Waals surface area (Å²) >= 11 is 12.5. The number of aromatic amines is 1. The number of rotatable bonds is 8. The summed E-state index contributed by atoms with van der Waals surface area (Å²) in [5, 5.41) is 2.31. The first-order chi connectivity index (χ1) is 15.5. The standard InChI is InChI=1S/C25H26Cl2N4O/c1-3-31(4-2)14-18-13-29-23-9-8-16(10-19(18)23)17-11-24(25(28)30-12-17)32-15-20-21(26)6-5-7-22(20)27/h5-13,29H,3-4,14-15H2,1-2H3,(H2,28,30). The number of nitrogens with zero attached hydrogens (tertiary/aromatic N) is 2. The van der Waals surface area contributed by atoms with E-state index in [0.29, 0.717) is 21.6 Å². The van der Waals surface area contributed by atoms with Gasteiger partial charge in [-0.3, -0.25) is 4.90 Å². The van der Waals surface area contributed by atoms with E-state index < -0.39 is 0 Å². The fourth-order valence-electron chi connectivity index (χ4n) is 3.73. The molecule has 0 aliphatic carbocycles. The molecule has 2 aromatic carbocycles. The van der Waals surface area contributed by atoms with Gasteiger partial charge in [0.1, 0.15) is 6.61 Å². The second-order valence-corrected chi connectivity index (χ2v) is 8.45. The Hall–Kier alpha value is -2.73. The van der Waals surface area contributed by atoms with E-state index in [1.165, 1.54) is 10.9 Å². The number of ether oxygens (including phenoxy) is 1. The molecule has 0 radical (unpaired) electrons. The zero-order valence-electron chi connectivity index (χ0n) is 18.2. The first-order valence-corrected chi connectivity index (χ1v) is 11.4. The number of nitrogen functional groups attached to an aromatic ring is 1. The van der Waals surface area contributed by atoms with E-state index in [4.69, 9.17) is 33.7 Å². The number of nitrogens with one attached hydrogen (secondary N) is 1. The second-order valence-electron chi connectivity index (χ2n) is 7.63. The number of hydrogen-bond donors (Lipinski definition) is 2. The molecule has 0 aliphatic heterocycles. The number of halogens is 2. The molecule has 32 heavy (non-hydrogen) atoms. The number of anilines is 1. The Balaban J connectivity index is 1.62. The van der Waals surface area contributed by atoms with Crippen LogP contribution in [0.4, 0.5) is 5.82 Å². The number of nitrogens with two attached hydrogens (primary N) is 1. The van der Waals surface area contributed by atoms with Crippen molar-refractivity contribution >= 4 is 39.9 Å².